The Kier molecular flexibility index (Phi) is 7.15. The first kappa shape index (κ1) is 18.0. The predicted octanol–water partition coefficient (Wildman–Crippen LogP) is 3.01. The van der Waals surface area contributed by atoms with Gasteiger partial charge in [0.15, 0.2) is 0 Å². The van der Waals surface area contributed by atoms with Gasteiger partial charge in [0.2, 0.25) is 0 Å². The molecular weight excluding hydrogens is 314 g/mol. The molecule has 5 nitrogen and oxygen atoms in total. The highest BCUT2D eigenvalue weighted by Crippen LogP contribution is 2.20. The fourth-order valence-corrected chi connectivity index (χ4v) is 3.06. The van der Waals surface area contributed by atoms with Crippen LogP contribution in [0.25, 0.3) is 0 Å². The van der Waals surface area contributed by atoms with Crippen LogP contribution in [0.3, 0.4) is 0 Å². The number of nitrogens with zero attached hydrogens (tertiary/aromatic N) is 1. The molecular formula is C17H26ClN3O2. The van der Waals surface area contributed by atoms with Crippen molar-refractivity contribution in [3.8, 4) is 0 Å². The molecule has 2 amide bonds. The lowest BCUT2D eigenvalue weighted by molar-refractivity contribution is 0.157. The van der Waals surface area contributed by atoms with Crippen LogP contribution in [0.2, 0.25) is 5.02 Å². The van der Waals surface area contributed by atoms with Gasteiger partial charge in [-0.05, 0) is 63.4 Å². The quantitative estimate of drug-likeness (QED) is 0.669. The summed E-state index contributed by atoms with van der Waals surface area (Å²) in [6.07, 6.45) is 4.21. The van der Waals surface area contributed by atoms with Crippen LogP contribution in [0, 0.1) is 6.92 Å². The number of urea groups is 1. The van der Waals surface area contributed by atoms with E-state index in [1.165, 1.54) is 6.42 Å². The second-order valence-corrected chi connectivity index (χ2v) is 6.47. The smallest absolute Gasteiger partial charge is 0.319 e. The lowest BCUT2D eigenvalue weighted by Gasteiger charge is -2.22. The van der Waals surface area contributed by atoms with Crippen molar-refractivity contribution < 1.29 is 9.90 Å². The van der Waals surface area contributed by atoms with Crippen molar-refractivity contribution in [2.45, 2.75) is 38.6 Å². The summed E-state index contributed by atoms with van der Waals surface area (Å²) in [5.74, 6) is 0. The normalized spacial score (nSPS) is 18.1. The van der Waals surface area contributed by atoms with Crippen molar-refractivity contribution >= 4 is 23.3 Å². The molecule has 0 bridgehead atoms. The van der Waals surface area contributed by atoms with Gasteiger partial charge < -0.3 is 15.7 Å². The summed E-state index contributed by atoms with van der Waals surface area (Å²) >= 11 is 6.03. The lowest BCUT2D eigenvalue weighted by atomic mass is 10.2. The van der Waals surface area contributed by atoms with Crippen LogP contribution in [0.5, 0.6) is 0 Å². The highest BCUT2D eigenvalue weighted by atomic mass is 35.5. The Morgan fingerprint density at radius 1 is 1.43 bits per heavy atom. The molecule has 0 spiro atoms. The molecule has 0 aliphatic carbocycles. The molecule has 0 aromatic heterocycles. The maximum Gasteiger partial charge on any atom is 0.319 e. The molecule has 0 saturated carbocycles. The Morgan fingerprint density at radius 2 is 2.26 bits per heavy atom. The molecule has 1 heterocycles. The number of unbranched alkanes of at least 4 members (excludes halogenated alkanes) is 1. The van der Waals surface area contributed by atoms with Gasteiger partial charge in [0.1, 0.15) is 0 Å². The molecule has 2 rings (SSSR count). The third kappa shape index (κ3) is 5.68. The van der Waals surface area contributed by atoms with E-state index in [0.717, 1.165) is 37.9 Å². The monoisotopic (exact) mass is 339 g/mol. The van der Waals surface area contributed by atoms with Crippen molar-refractivity contribution in [2.24, 2.45) is 0 Å². The molecule has 1 unspecified atom stereocenters. The molecule has 1 fully saturated rings. The summed E-state index contributed by atoms with van der Waals surface area (Å²) in [5.41, 5.74) is 1.68. The lowest BCUT2D eigenvalue weighted by Crippen LogP contribution is -2.34. The number of carbonyl (C=O) groups is 1. The summed E-state index contributed by atoms with van der Waals surface area (Å²) in [6.45, 7) is 4.88. The molecule has 1 aliphatic rings. The molecule has 6 heteroatoms. The van der Waals surface area contributed by atoms with E-state index in [1.54, 1.807) is 6.07 Å². The van der Waals surface area contributed by atoms with E-state index in [4.69, 9.17) is 11.6 Å². The molecule has 1 aromatic rings. The van der Waals surface area contributed by atoms with Crippen molar-refractivity contribution in [1.82, 2.24) is 10.2 Å². The van der Waals surface area contributed by atoms with Gasteiger partial charge in [-0.15, -0.1) is 0 Å². The number of anilines is 1. The summed E-state index contributed by atoms with van der Waals surface area (Å²) in [7, 11) is 0. The Hall–Kier alpha value is -1.30. The van der Waals surface area contributed by atoms with Gasteiger partial charge >= 0.3 is 6.03 Å². The second kappa shape index (κ2) is 9.11. The van der Waals surface area contributed by atoms with Crippen LogP contribution in [-0.4, -0.2) is 48.3 Å². The van der Waals surface area contributed by atoms with E-state index in [0.29, 0.717) is 23.3 Å². The summed E-state index contributed by atoms with van der Waals surface area (Å²) in [5, 5.41) is 15.6. The zero-order chi connectivity index (χ0) is 16.7. The minimum atomic E-state index is -0.209. The predicted molar refractivity (Wildman–Crippen MR) is 94.1 cm³/mol. The van der Waals surface area contributed by atoms with Crippen LogP contribution in [0.15, 0.2) is 18.2 Å². The first-order valence-corrected chi connectivity index (χ1v) is 8.64. The van der Waals surface area contributed by atoms with E-state index < -0.39 is 0 Å². The van der Waals surface area contributed by atoms with E-state index in [-0.39, 0.29) is 12.6 Å². The minimum Gasteiger partial charge on any atom is -0.395 e. The third-order valence-electron chi connectivity index (χ3n) is 4.30. The number of amides is 2. The van der Waals surface area contributed by atoms with Crippen LogP contribution >= 0.6 is 11.6 Å². The Labute approximate surface area is 143 Å². The number of likely N-dealkylation sites (tertiary alicyclic amines) is 1. The molecule has 1 aromatic carbocycles. The average Bonchev–Trinajstić information content (AvgIpc) is 2.98. The highest BCUT2D eigenvalue weighted by Gasteiger charge is 2.22. The van der Waals surface area contributed by atoms with E-state index in [9.17, 15) is 9.90 Å². The highest BCUT2D eigenvalue weighted by molar-refractivity contribution is 6.31. The van der Waals surface area contributed by atoms with Crippen molar-refractivity contribution in [3.63, 3.8) is 0 Å². The Morgan fingerprint density at radius 3 is 3.00 bits per heavy atom. The van der Waals surface area contributed by atoms with Crippen LogP contribution < -0.4 is 10.6 Å². The van der Waals surface area contributed by atoms with E-state index in [2.05, 4.69) is 15.5 Å². The van der Waals surface area contributed by atoms with E-state index >= 15 is 0 Å². The van der Waals surface area contributed by atoms with Crippen LogP contribution in [-0.2, 0) is 0 Å². The average molecular weight is 340 g/mol. The largest absolute Gasteiger partial charge is 0.395 e. The number of hydrogen-bond acceptors (Lipinski definition) is 3. The number of rotatable bonds is 7. The van der Waals surface area contributed by atoms with Crippen molar-refractivity contribution in [1.29, 1.82) is 0 Å². The van der Waals surface area contributed by atoms with Gasteiger partial charge in [-0.3, -0.25) is 4.90 Å². The molecule has 23 heavy (non-hydrogen) atoms. The minimum absolute atomic E-state index is 0.209. The summed E-state index contributed by atoms with van der Waals surface area (Å²) in [6, 6.07) is 5.59. The number of aryl methyl sites for hydroxylation is 1. The molecule has 1 saturated heterocycles. The number of aliphatic hydroxyl groups excluding tert-OH is 1. The third-order valence-corrected chi connectivity index (χ3v) is 4.70. The topological polar surface area (TPSA) is 64.6 Å². The van der Waals surface area contributed by atoms with E-state index in [1.807, 2.05) is 19.1 Å². The molecule has 0 radical (unpaired) electrons. The molecule has 3 N–H and O–H groups in total. The van der Waals surface area contributed by atoms with Gasteiger partial charge in [-0.25, -0.2) is 4.79 Å². The van der Waals surface area contributed by atoms with Crippen molar-refractivity contribution in [2.75, 3.05) is 31.6 Å². The summed E-state index contributed by atoms with van der Waals surface area (Å²) in [4.78, 5) is 14.2. The first-order valence-electron chi connectivity index (χ1n) is 8.26. The number of aliphatic hydroxyl groups is 1. The maximum absolute atomic E-state index is 11.8. The van der Waals surface area contributed by atoms with Crippen molar-refractivity contribution in [3.05, 3.63) is 28.8 Å². The van der Waals surface area contributed by atoms with Gasteiger partial charge in [-0.2, -0.15) is 0 Å². The zero-order valence-corrected chi connectivity index (χ0v) is 14.4. The molecule has 1 aliphatic heterocycles. The van der Waals surface area contributed by atoms with Crippen LogP contribution in [0.4, 0.5) is 10.5 Å². The van der Waals surface area contributed by atoms with Gasteiger partial charge in [0, 0.05) is 23.3 Å². The molecule has 128 valence electrons. The fourth-order valence-electron chi connectivity index (χ4n) is 2.88. The first-order chi connectivity index (χ1) is 11.1. The van der Waals surface area contributed by atoms with Crippen LogP contribution in [0.1, 0.15) is 31.2 Å². The Bertz CT molecular complexity index is 525. The number of hydrogen-bond donors (Lipinski definition) is 3. The summed E-state index contributed by atoms with van der Waals surface area (Å²) < 4.78 is 0. The second-order valence-electron chi connectivity index (χ2n) is 6.07. The Balaban J connectivity index is 1.60. The van der Waals surface area contributed by atoms with Gasteiger partial charge in [0.05, 0.1) is 6.61 Å². The SMILES string of the molecule is Cc1ccc(NC(=O)NCCCCN2CCCC2CO)cc1Cl. The fraction of sp³-hybridized carbons (Fsp3) is 0.588. The van der Waals surface area contributed by atoms with Gasteiger partial charge in [-0.1, -0.05) is 17.7 Å². The number of halogens is 1. The molecule has 1 atom stereocenters. The number of benzene rings is 1. The maximum atomic E-state index is 11.8. The van der Waals surface area contributed by atoms with Gasteiger partial charge in [0.25, 0.3) is 0 Å². The number of nitrogens with one attached hydrogen (secondary N) is 2. The number of carbonyl (C=O) groups excluding carboxylic acids is 1. The standard InChI is InChI=1S/C17H26ClN3O2/c1-13-6-7-14(11-16(13)18)20-17(23)19-8-2-3-9-21-10-4-5-15(21)12-22/h6-7,11,15,22H,2-5,8-10,12H2,1H3,(H2,19,20,23). The zero-order valence-electron chi connectivity index (χ0n) is 13.6.